The van der Waals surface area contributed by atoms with Gasteiger partial charge in [-0.25, -0.2) is 0 Å². The summed E-state index contributed by atoms with van der Waals surface area (Å²) in [5.74, 6) is 0.819. The van der Waals surface area contributed by atoms with Gasteiger partial charge in [-0.05, 0) is 41.2 Å². The summed E-state index contributed by atoms with van der Waals surface area (Å²) < 4.78 is 5.45. The van der Waals surface area contributed by atoms with E-state index in [9.17, 15) is 0 Å². The van der Waals surface area contributed by atoms with Crippen molar-refractivity contribution in [2.45, 2.75) is 26.3 Å². The first-order valence-electron chi connectivity index (χ1n) is 7.19. The van der Waals surface area contributed by atoms with E-state index in [1.165, 1.54) is 11.1 Å². The molecule has 0 saturated carbocycles. The predicted octanol–water partition coefficient (Wildman–Crippen LogP) is 5.08. The summed E-state index contributed by atoms with van der Waals surface area (Å²) in [5, 5.41) is 4.35. The summed E-state index contributed by atoms with van der Waals surface area (Å²) >= 11 is 6.13. The summed E-state index contributed by atoms with van der Waals surface area (Å²) in [4.78, 5) is 0. The number of benzene rings is 2. The second kappa shape index (κ2) is 5.27. The van der Waals surface area contributed by atoms with Crippen LogP contribution in [0.4, 0.5) is 5.69 Å². The van der Waals surface area contributed by atoms with Crippen molar-refractivity contribution in [3.63, 3.8) is 0 Å². The Kier molecular flexibility index (Phi) is 3.58. The highest BCUT2D eigenvalue weighted by Crippen LogP contribution is 2.47. The summed E-state index contributed by atoms with van der Waals surface area (Å²) in [6.45, 7) is 4.59. The van der Waals surface area contributed by atoms with Crippen LogP contribution in [0, 0.1) is 5.41 Å². The molecule has 0 bridgehead atoms. The molecule has 2 aromatic rings. The molecule has 2 nitrogen and oxygen atoms in total. The van der Waals surface area contributed by atoms with E-state index < -0.39 is 0 Å². The molecule has 2 aromatic carbocycles. The largest absolute Gasteiger partial charge is 0.495 e. The Bertz CT molecular complexity index is 666. The number of nitrogens with one attached hydrogen (secondary N) is 1. The fourth-order valence-electron chi connectivity index (χ4n) is 3.21. The van der Waals surface area contributed by atoms with Crippen molar-refractivity contribution in [1.82, 2.24) is 0 Å². The molecule has 0 amide bonds. The lowest BCUT2D eigenvalue weighted by atomic mass is 9.85. The van der Waals surface area contributed by atoms with Gasteiger partial charge in [0, 0.05) is 5.02 Å². The monoisotopic (exact) mass is 301 g/mol. The van der Waals surface area contributed by atoms with Crippen molar-refractivity contribution in [1.29, 1.82) is 0 Å². The van der Waals surface area contributed by atoms with Crippen molar-refractivity contribution in [3.8, 4) is 5.75 Å². The van der Waals surface area contributed by atoms with Crippen molar-refractivity contribution in [3.05, 3.63) is 58.6 Å². The fourth-order valence-corrected chi connectivity index (χ4v) is 3.38. The number of fused-ring (bicyclic) bond motifs is 1. The third-order valence-corrected chi connectivity index (χ3v) is 4.49. The number of hydrogen-bond acceptors (Lipinski definition) is 2. The van der Waals surface area contributed by atoms with Gasteiger partial charge in [-0.1, -0.05) is 49.7 Å². The van der Waals surface area contributed by atoms with Crippen molar-refractivity contribution in [2.24, 2.45) is 5.41 Å². The maximum absolute atomic E-state index is 6.13. The lowest BCUT2D eigenvalue weighted by Crippen LogP contribution is -2.24. The molecule has 0 aliphatic heterocycles. The van der Waals surface area contributed by atoms with Gasteiger partial charge in [-0.2, -0.15) is 0 Å². The molecule has 0 saturated heterocycles. The van der Waals surface area contributed by atoms with Gasteiger partial charge in [-0.3, -0.25) is 0 Å². The van der Waals surface area contributed by atoms with E-state index in [4.69, 9.17) is 16.3 Å². The van der Waals surface area contributed by atoms with E-state index in [1.807, 2.05) is 18.2 Å². The van der Waals surface area contributed by atoms with Crippen LogP contribution in [0.1, 0.15) is 31.0 Å². The van der Waals surface area contributed by atoms with Crippen molar-refractivity contribution in [2.75, 3.05) is 12.4 Å². The molecule has 110 valence electrons. The minimum absolute atomic E-state index is 0.150. The molecule has 0 fully saturated rings. The molecule has 3 rings (SSSR count). The third-order valence-electron chi connectivity index (χ3n) is 4.26. The average Bonchev–Trinajstić information content (AvgIpc) is 2.70. The van der Waals surface area contributed by atoms with Crippen LogP contribution in [0.2, 0.25) is 5.02 Å². The van der Waals surface area contributed by atoms with Gasteiger partial charge in [-0.15, -0.1) is 0 Å². The average molecular weight is 302 g/mol. The van der Waals surface area contributed by atoms with Crippen LogP contribution in [-0.4, -0.2) is 7.11 Å². The molecule has 0 radical (unpaired) electrons. The van der Waals surface area contributed by atoms with Gasteiger partial charge in [0.1, 0.15) is 5.75 Å². The maximum Gasteiger partial charge on any atom is 0.142 e. The topological polar surface area (TPSA) is 21.3 Å². The Labute approximate surface area is 131 Å². The zero-order chi connectivity index (χ0) is 15.0. The Morgan fingerprint density at radius 3 is 2.71 bits per heavy atom. The number of ether oxygens (including phenoxy) is 1. The summed E-state index contributed by atoms with van der Waals surface area (Å²) in [5.41, 5.74) is 3.88. The molecule has 1 aliphatic carbocycles. The molecule has 0 spiro atoms. The van der Waals surface area contributed by atoms with E-state index >= 15 is 0 Å². The fraction of sp³-hybridized carbons (Fsp3) is 0.333. The van der Waals surface area contributed by atoms with Crippen LogP contribution in [0.25, 0.3) is 0 Å². The Hall–Kier alpha value is -1.67. The summed E-state index contributed by atoms with van der Waals surface area (Å²) in [6, 6.07) is 14.6. The predicted molar refractivity (Wildman–Crippen MR) is 88.3 cm³/mol. The van der Waals surface area contributed by atoms with Crippen LogP contribution < -0.4 is 10.1 Å². The maximum atomic E-state index is 6.13. The Balaban J connectivity index is 1.99. The van der Waals surface area contributed by atoms with Crippen LogP contribution in [-0.2, 0) is 6.42 Å². The van der Waals surface area contributed by atoms with Gasteiger partial charge in [0.05, 0.1) is 18.8 Å². The van der Waals surface area contributed by atoms with Gasteiger partial charge in [0.25, 0.3) is 0 Å². The highest BCUT2D eigenvalue weighted by molar-refractivity contribution is 6.30. The first-order chi connectivity index (χ1) is 10.0. The Morgan fingerprint density at radius 1 is 1.19 bits per heavy atom. The zero-order valence-electron chi connectivity index (χ0n) is 12.6. The molecule has 1 unspecified atom stereocenters. The first kappa shape index (κ1) is 14.3. The molecular weight excluding hydrogens is 282 g/mol. The van der Waals surface area contributed by atoms with Crippen LogP contribution in [0.5, 0.6) is 5.75 Å². The molecule has 0 aromatic heterocycles. The zero-order valence-corrected chi connectivity index (χ0v) is 13.4. The minimum Gasteiger partial charge on any atom is -0.495 e. The number of anilines is 1. The Morgan fingerprint density at radius 2 is 1.95 bits per heavy atom. The SMILES string of the molecule is COc1ccc(Cl)cc1NC1c2ccccc2CC1(C)C. The first-order valence-corrected chi connectivity index (χ1v) is 7.57. The van der Waals surface area contributed by atoms with Crippen LogP contribution >= 0.6 is 11.6 Å². The molecule has 21 heavy (non-hydrogen) atoms. The van der Waals surface area contributed by atoms with E-state index in [0.29, 0.717) is 5.02 Å². The second-order valence-electron chi connectivity index (χ2n) is 6.29. The van der Waals surface area contributed by atoms with E-state index in [1.54, 1.807) is 7.11 Å². The van der Waals surface area contributed by atoms with E-state index in [-0.39, 0.29) is 11.5 Å². The van der Waals surface area contributed by atoms with E-state index in [2.05, 4.69) is 43.4 Å². The number of hydrogen-bond donors (Lipinski definition) is 1. The molecule has 1 atom stereocenters. The lowest BCUT2D eigenvalue weighted by molar-refractivity contribution is 0.335. The molecule has 1 aliphatic rings. The highest BCUT2D eigenvalue weighted by atomic mass is 35.5. The van der Waals surface area contributed by atoms with Crippen molar-refractivity contribution < 1.29 is 4.74 Å². The quantitative estimate of drug-likeness (QED) is 0.853. The highest BCUT2D eigenvalue weighted by Gasteiger charge is 2.38. The molecule has 0 heterocycles. The van der Waals surface area contributed by atoms with Gasteiger partial charge < -0.3 is 10.1 Å². The van der Waals surface area contributed by atoms with Crippen LogP contribution in [0.15, 0.2) is 42.5 Å². The van der Waals surface area contributed by atoms with Gasteiger partial charge in [0.2, 0.25) is 0 Å². The number of halogens is 1. The smallest absolute Gasteiger partial charge is 0.142 e. The molecular formula is C18H20ClNO. The summed E-state index contributed by atoms with van der Waals surface area (Å²) in [7, 11) is 1.68. The standard InChI is InChI=1S/C18H20ClNO/c1-18(2)11-12-6-4-5-7-14(12)17(18)20-15-10-13(19)8-9-16(15)21-3/h4-10,17,20H,11H2,1-3H3. The van der Waals surface area contributed by atoms with Gasteiger partial charge in [0.15, 0.2) is 0 Å². The van der Waals surface area contributed by atoms with Crippen LogP contribution in [0.3, 0.4) is 0 Å². The van der Waals surface area contributed by atoms with Gasteiger partial charge >= 0.3 is 0 Å². The second-order valence-corrected chi connectivity index (χ2v) is 6.72. The number of methoxy groups -OCH3 is 1. The number of rotatable bonds is 3. The normalized spacial score (nSPS) is 19.1. The van der Waals surface area contributed by atoms with Crippen molar-refractivity contribution >= 4 is 17.3 Å². The molecule has 1 N–H and O–H groups in total. The molecule has 3 heteroatoms. The summed E-state index contributed by atoms with van der Waals surface area (Å²) in [6.07, 6.45) is 1.07. The van der Waals surface area contributed by atoms with E-state index in [0.717, 1.165) is 17.9 Å². The third kappa shape index (κ3) is 2.60. The minimum atomic E-state index is 0.150. The lowest BCUT2D eigenvalue weighted by Gasteiger charge is -2.30.